The Bertz CT molecular complexity index is 574. The van der Waals surface area contributed by atoms with Gasteiger partial charge in [0.2, 0.25) is 0 Å². The molecule has 3 rings (SSSR count). The average molecular weight is 293 g/mol. The third-order valence-corrected chi connectivity index (χ3v) is 3.80. The summed E-state index contributed by atoms with van der Waals surface area (Å²) in [6.45, 7) is 0.714. The molecule has 0 bridgehead atoms. The number of rotatable bonds is 3. The average Bonchev–Trinajstić information content (AvgIpc) is 2.93. The normalized spacial score (nSPS) is 19.2. The molecule has 1 N–H and O–H groups in total. The molecule has 1 aromatic carbocycles. The number of aromatic nitrogens is 2. The first-order valence-electron chi connectivity index (χ1n) is 6.85. The lowest BCUT2D eigenvalue weighted by atomic mass is 10.1. The lowest BCUT2D eigenvalue weighted by Gasteiger charge is -2.24. The van der Waals surface area contributed by atoms with Crippen LogP contribution in [0.3, 0.4) is 0 Å². The third-order valence-electron chi connectivity index (χ3n) is 3.54. The lowest BCUT2D eigenvalue weighted by molar-refractivity contribution is -0.0425. The summed E-state index contributed by atoms with van der Waals surface area (Å²) in [4.78, 5) is 0. The van der Waals surface area contributed by atoms with E-state index in [1.54, 1.807) is 0 Å². The van der Waals surface area contributed by atoms with Gasteiger partial charge >= 0.3 is 0 Å². The van der Waals surface area contributed by atoms with Gasteiger partial charge in [0.25, 0.3) is 0 Å². The summed E-state index contributed by atoms with van der Waals surface area (Å²) < 4.78 is 7.55. The first-order chi connectivity index (χ1) is 9.78. The Labute approximate surface area is 122 Å². The highest BCUT2D eigenvalue weighted by Gasteiger charge is 2.20. The number of halogens is 1. The van der Waals surface area contributed by atoms with Crippen LogP contribution in [0, 0.1) is 0 Å². The maximum absolute atomic E-state index is 9.52. The first kappa shape index (κ1) is 13.6. The highest BCUT2D eigenvalue weighted by Crippen LogP contribution is 2.27. The zero-order valence-corrected chi connectivity index (χ0v) is 11.9. The van der Waals surface area contributed by atoms with Crippen LogP contribution < -0.4 is 0 Å². The van der Waals surface area contributed by atoms with Gasteiger partial charge in [-0.1, -0.05) is 23.7 Å². The molecule has 1 aromatic heterocycles. The van der Waals surface area contributed by atoms with Crippen LogP contribution in [0.15, 0.2) is 30.3 Å². The Balaban J connectivity index is 1.93. The van der Waals surface area contributed by atoms with Gasteiger partial charge in [0.1, 0.15) is 0 Å². The maximum Gasteiger partial charge on any atom is 0.150 e. The molecule has 1 aliphatic rings. The lowest BCUT2D eigenvalue weighted by Crippen LogP contribution is -2.21. The largest absolute Gasteiger partial charge is 0.390 e. The smallest absolute Gasteiger partial charge is 0.150 e. The van der Waals surface area contributed by atoms with Crippen molar-refractivity contribution in [2.24, 2.45) is 0 Å². The molecule has 0 aliphatic carbocycles. The van der Waals surface area contributed by atoms with Gasteiger partial charge in [-0.05, 0) is 37.5 Å². The van der Waals surface area contributed by atoms with E-state index in [-0.39, 0.29) is 12.8 Å². The molecule has 2 heterocycles. The number of hydrogen-bond donors (Lipinski definition) is 1. The fourth-order valence-corrected chi connectivity index (χ4v) is 2.60. The van der Waals surface area contributed by atoms with E-state index in [1.807, 2.05) is 35.0 Å². The van der Waals surface area contributed by atoms with Crippen molar-refractivity contribution in [3.8, 4) is 11.3 Å². The molecule has 1 fully saturated rings. The van der Waals surface area contributed by atoms with Crippen molar-refractivity contribution >= 4 is 11.6 Å². The molecule has 0 amide bonds. The van der Waals surface area contributed by atoms with Crippen LogP contribution in [0.5, 0.6) is 0 Å². The second-order valence-electron chi connectivity index (χ2n) is 4.95. The molecule has 5 heteroatoms. The molecule has 106 valence electrons. The number of aliphatic hydroxyl groups is 1. The first-order valence-corrected chi connectivity index (χ1v) is 7.22. The molecule has 0 saturated carbocycles. The van der Waals surface area contributed by atoms with E-state index in [0.29, 0.717) is 5.02 Å². The summed E-state index contributed by atoms with van der Waals surface area (Å²) in [5.74, 6) is 0. The number of nitrogens with zero attached hydrogens (tertiary/aromatic N) is 2. The van der Waals surface area contributed by atoms with Crippen LogP contribution in [0.2, 0.25) is 5.02 Å². The Kier molecular flexibility index (Phi) is 4.05. The summed E-state index contributed by atoms with van der Waals surface area (Å²) in [7, 11) is 0. The van der Waals surface area contributed by atoms with Crippen molar-refractivity contribution in [3.05, 3.63) is 41.0 Å². The van der Waals surface area contributed by atoms with Crippen molar-refractivity contribution in [2.45, 2.75) is 32.1 Å². The summed E-state index contributed by atoms with van der Waals surface area (Å²) >= 11 is 5.90. The van der Waals surface area contributed by atoms with Crippen LogP contribution in [-0.2, 0) is 11.3 Å². The fourth-order valence-electron chi connectivity index (χ4n) is 2.48. The van der Waals surface area contributed by atoms with Crippen molar-refractivity contribution in [1.82, 2.24) is 9.78 Å². The van der Waals surface area contributed by atoms with Gasteiger partial charge in [-0.15, -0.1) is 0 Å². The Hall–Kier alpha value is -1.36. The topological polar surface area (TPSA) is 47.3 Å². The number of benzene rings is 1. The minimum absolute atomic E-state index is 0.0412. The molecule has 1 atom stereocenters. The Morgan fingerprint density at radius 1 is 1.30 bits per heavy atom. The van der Waals surface area contributed by atoms with Crippen molar-refractivity contribution < 1.29 is 9.84 Å². The zero-order valence-electron chi connectivity index (χ0n) is 11.1. The summed E-state index contributed by atoms with van der Waals surface area (Å²) in [5.41, 5.74) is 2.60. The number of hydrogen-bond acceptors (Lipinski definition) is 3. The molecule has 0 radical (unpaired) electrons. The van der Waals surface area contributed by atoms with Crippen molar-refractivity contribution in [2.75, 3.05) is 6.61 Å². The summed E-state index contributed by atoms with van der Waals surface area (Å²) in [5, 5.41) is 14.8. The van der Waals surface area contributed by atoms with E-state index in [2.05, 4.69) is 5.10 Å². The van der Waals surface area contributed by atoms with Gasteiger partial charge < -0.3 is 9.84 Å². The van der Waals surface area contributed by atoms with E-state index in [0.717, 1.165) is 42.8 Å². The molecule has 4 nitrogen and oxygen atoms in total. The molecule has 1 aliphatic heterocycles. The van der Waals surface area contributed by atoms with Crippen LogP contribution >= 0.6 is 11.6 Å². The monoisotopic (exact) mass is 292 g/mol. The minimum atomic E-state index is -0.0630. The minimum Gasteiger partial charge on any atom is -0.390 e. The quantitative estimate of drug-likeness (QED) is 0.943. The molecular weight excluding hydrogens is 276 g/mol. The van der Waals surface area contributed by atoms with E-state index >= 15 is 0 Å². The predicted octanol–water partition coefficient (Wildman–Crippen LogP) is 3.39. The summed E-state index contributed by atoms with van der Waals surface area (Å²) in [6.07, 6.45) is 3.10. The Morgan fingerprint density at radius 2 is 2.10 bits per heavy atom. The summed E-state index contributed by atoms with van der Waals surface area (Å²) in [6, 6.07) is 9.44. The molecule has 1 unspecified atom stereocenters. The standard InChI is InChI=1S/C15H17ClN2O2/c16-12-6-4-11(5-7-12)14-9-13(10-19)18(17-14)15-3-1-2-8-20-15/h4-7,9,15,19H,1-3,8,10H2. The molecule has 0 spiro atoms. The highest BCUT2D eigenvalue weighted by molar-refractivity contribution is 6.30. The fraction of sp³-hybridized carbons (Fsp3) is 0.400. The molecule has 2 aromatic rings. The van der Waals surface area contributed by atoms with Gasteiger partial charge in [-0.25, -0.2) is 4.68 Å². The van der Waals surface area contributed by atoms with Gasteiger partial charge in [0, 0.05) is 17.2 Å². The maximum atomic E-state index is 9.52. The van der Waals surface area contributed by atoms with Gasteiger partial charge in [-0.3, -0.25) is 0 Å². The van der Waals surface area contributed by atoms with E-state index in [4.69, 9.17) is 16.3 Å². The molecular formula is C15H17ClN2O2. The molecule has 20 heavy (non-hydrogen) atoms. The second kappa shape index (κ2) is 5.95. The van der Waals surface area contributed by atoms with Crippen molar-refractivity contribution in [1.29, 1.82) is 0 Å². The van der Waals surface area contributed by atoms with Gasteiger partial charge in [0.05, 0.1) is 18.0 Å². The van der Waals surface area contributed by atoms with E-state index < -0.39 is 0 Å². The van der Waals surface area contributed by atoms with Crippen LogP contribution in [0.4, 0.5) is 0 Å². The van der Waals surface area contributed by atoms with E-state index in [1.165, 1.54) is 0 Å². The highest BCUT2D eigenvalue weighted by atomic mass is 35.5. The van der Waals surface area contributed by atoms with Gasteiger partial charge in [-0.2, -0.15) is 5.10 Å². The predicted molar refractivity (Wildman–Crippen MR) is 77.4 cm³/mol. The Morgan fingerprint density at radius 3 is 2.75 bits per heavy atom. The second-order valence-corrected chi connectivity index (χ2v) is 5.39. The zero-order chi connectivity index (χ0) is 13.9. The van der Waals surface area contributed by atoms with Crippen molar-refractivity contribution in [3.63, 3.8) is 0 Å². The van der Waals surface area contributed by atoms with Crippen LogP contribution in [0.1, 0.15) is 31.2 Å². The number of aliphatic hydroxyl groups excluding tert-OH is 1. The molecule has 1 saturated heterocycles. The SMILES string of the molecule is OCc1cc(-c2ccc(Cl)cc2)nn1C1CCCCO1. The number of ether oxygens (including phenoxy) is 1. The third kappa shape index (κ3) is 2.73. The van der Waals surface area contributed by atoms with E-state index in [9.17, 15) is 5.11 Å². The van der Waals surface area contributed by atoms with Crippen LogP contribution in [-0.4, -0.2) is 21.5 Å². The van der Waals surface area contributed by atoms with Gasteiger partial charge in [0.15, 0.2) is 6.23 Å². The van der Waals surface area contributed by atoms with Crippen LogP contribution in [0.25, 0.3) is 11.3 Å².